The normalized spacial score (nSPS) is 10.8. The number of aryl methyl sites for hydroxylation is 3. The van der Waals surface area contributed by atoms with Crippen LogP contribution in [0.15, 0.2) is 59.4 Å². The SMILES string of the molecule is Cc1cccc(NC(=O)c2ccccc2NC(=O)Cc2c(C)nc3cc(=O)[nH]n3c2C)c1. The zero-order valence-electron chi connectivity index (χ0n) is 18.0. The number of fused-ring (bicyclic) bond motifs is 1. The standard InChI is InChI=1S/C24H23N5O3/c1-14-7-6-8-17(11-14)26-24(32)18-9-4-5-10-20(18)27-22(30)12-19-15(2)25-21-13-23(31)28-29(21)16(19)3/h4-11,13H,12H2,1-3H3,(H,26,32)(H,27,30)(H,28,31). The van der Waals surface area contributed by atoms with Crippen LogP contribution in [0.5, 0.6) is 0 Å². The third kappa shape index (κ3) is 4.29. The fraction of sp³-hybridized carbons (Fsp3) is 0.167. The van der Waals surface area contributed by atoms with Crippen LogP contribution in [0.3, 0.4) is 0 Å². The first kappa shape index (κ1) is 21.0. The summed E-state index contributed by atoms with van der Waals surface area (Å²) in [5.41, 5.74) is 4.86. The number of para-hydroxylation sites is 1. The number of anilines is 2. The van der Waals surface area contributed by atoms with E-state index in [1.807, 2.05) is 38.1 Å². The van der Waals surface area contributed by atoms with Crippen molar-refractivity contribution < 1.29 is 9.59 Å². The van der Waals surface area contributed by atoms with Crippen LogP contribution in [0.4, 0.5) is 11.4 Å². The van der Waals surface area contributed by atoms with Gasteiger partial charge in [0.25, 0.3) is 11.5 Å². The van der Waals surface area contributed by atoms with Gasteiger partial charge in [0.2, 0.25) is 5.91 Å². The molecule has 32 heavy (non-hydrogen) atoms. The number of amides is 2. The van der Waals surface area contributed by atoms with Crippen LogP contribution < -0.4 is 16.2 Å². The summed E-state index contributed by atoms with van der Waals surface area (Å²) in [7, 11) is 0. The topological polar surface area (TPSA) is 108 Å². The molecule has 2 amide bonds. The summed E-state index contributed by atoms with van der Waals surface area (Å²) in [6, 6.07) is 15.8. The first-order valence-electron chi connectivity index (χ1n) is 10.2. The Morgan fingerprint density at radius 2 is 1.78 bits per heavy atom. The summed E-state index contributed by atoms with van der Waals surface area (Å²) in [4.78, 5) is 41.7. The van der Waals surface area contributed by atoms with Crippen molar-refractivity contribution in [3.63, 3.8) is 0 Å². The number of carbonyl (C=O) groups excluding carboxylic acids is 2. The third-order valence-electron chi connectivity index (χ3n) is 5.26. The van der Waals surface area contributed by atoms with Gasteiger partial charge >= 0.3 is 0 Å². The fourth-order valence-corrected chi connectivity index (χ4v) is 3.68. The van der Waals surface area contributed by atoms with E-state index < -0.39 is 0 Å². The minimum Gasteiger partial charge on any atom is -0.325 e. The maximum Gasteiger partial charge on any atom is 0.266 e. The molecule has 0 aliphatic heterocycles. The van der Waals surface area contributed by atoms with Crippen LogP contribution in [-0.4, -0.2) is 26.4 Å². The number of nitrogens with zero attached hydrogens (tertiary/aromatic N) is 2. The van der Waals surface area contributed by atoms with E-state index >= 15 is 0 Å². The predicted octanol–water partition coefficient (Wildman–Crippen LogP) is 3.38. The first-order chi connectivity index (χ1) is 15.3. The molecule has 0 aliphatic rings. The van der Waals surface area contributed by atoms with Gasteiger partial charge in [-0.1, -0.05) is 24.3 Å². The number of hydrogen-bond donors (Lipinski definition) is 3. The van der Waals surface area contributed by atoms with Gasteiger partial charge in [0.1, 0.15) is 0 Å². The number of benzene rings is 2. The molecule has 0 radical (unpaired) electrons. The van der Waals surface area contributed by atoms with Gasteiger partial charge in [0, 0.05) is 28.7 Å². The van der Waals surface area contributed by atoms with Gasteiger partial charge in [0.05, 0.1) is 17.7 Å². The molecule has 0 fully saturated rings. The van der Waals surface area contributed by atoms with Gasteiger partial charge in [0.15, 0.2) is 5.65 Å². The van der Waals surface area contributed by atoms with Gasteiger partial charge in [-0.2, -0.15) is 0 Å². The molecule has 4 aromatic rings. The lowest BCUT2D eigenvalue weighted by molar-refractivity contribution is -0.115. The van der Waals surface area contributed by atoms with E-state index in [2.05, 4.69) is 20.7 Å². The van der Waals surface area contributed by atoms with Crippen molar-refractivity contribution in [3.05, 3.63) is 93.0 Å². The molecule has 8 heteroatoms. The minimum absolute atomic E-state index is 0.0502. The molecule has 0 unspecified atom stereocenters. The molecule has 2 heterocycles. The molecule has 2 aromatic heterocycles. The van der Waals surface area contributed by atoms with Crippen molar-refractivity contribution in [1.29, 1.82) is 0 Å². The Labute approximate surface area is 184 Å². The van der Waals surface area contributed by atoms with Crippen molar-refractivity contribution in [2.24, 2.45) is 0 Å². The number of H-pyrrole nitrogens is 1. The van der Waals surface area contributed by atoms with Crippen LogP contribution >= 0.6 is 0 Å². The number of aromatic amines is 1. The second-order valence-corrected chi connectivity index (χ2v) is 7.67. The summed E-state index contributed by atoms with van der Waals surface area (Å²) in [5, 5.41) is 8.38. The van der Waals surface area contributed by atoms with E-state index in [9.17, 15) is 14.4 Å². The Hall–Kier alpha value is -4.20. The minimum atomic E-state index is -0.313. The van der Waals surface area contributed by atoms with Crippen molar-refractivity contribution in [3.8, 4) is 0 Å². The zero-order chi connectivity index (χ0) is 22.8. The average molecular weight is 429 g/mol. The van der Waals surface area contributed by atoms with Gasteiger partial charge in [-0.05, 0) is 50.6 Å². The van der Waals surface area contributed by atoms with E-state index in [0.29, 0.717) is 33.8 Å². The monoisotopic (exact) mass is 429 g/mol. The lowest BCUT2D eigenvalue weighted by atomic mass is 10.1. The maximum absolute atomic E-state index is 12.9. The Morgan fingerprint density at radius 3 is 2.56 bits per heavy atom. The molecule has 3 N–H and O–H groups in total. The highest BCUT2D eigenvalue weighted by Crippen LogP contribution is 2.20. The molecule has 0 spiro atoms. The summed E-state index contributed by atoms with van der Waals surface area (Å²) >= 11 is 0. The number of rotatable bonds is 5. The molecule has 0 bridgehead atoms. The molecule has 4 rings (SSSR count). The van der Waals surface area contributed by atoms with Crippen molar-refractivity contribution in [2.75, 3.05) is 10.6 Å². The van der Waals surface area contributed by atoms with E-state index in [1.165, 1.54) is 6.07 Å². The van der Waals surface area contributed by atoms with Crippen LogP contribution in [0.25, 0.3) is 5.65 Å². The quantitative estimate of drug-likeness (QED) is 0.452. The summed E-state index contributed by atoms with van der Waals surface area (Å²) < 4.78 is 1.57. The maximum atomic E-state index is 12.9. The van der Waals surface area contributed by atoms with Gasteiger partial charge in [-0.3, -0.25) is 19.5 Å². The molecular weight excluding hydrogens is 406 g/mol. The number of nitrogens with one attached hydrogen (secondary N) is 3. The molecule has 8 nitrogen and oxygen atoms in total. The predicted molar refractivity (Wildman–Crippen MR) is 123 cm³/mol. The molecule has 2 aromatic carbocycles. The Bertz CT molecular complexity index is 1400. The Balaban J connectivity index is 1.55. The zero-order valence-corrected chi connectivity index (χ0v) is 18.0. The highest BCUT2D eigenvalue weighted by molar-refractivity contribution is 6.10. The van der Waals surface area contributed by atoms with Crippen molar-refractivity contribution in [1.82, 2.24) is 14.6 Å². The first-order valence-corrected chi connectivity index (χ1v) is 10.2. The molecule has 0 aliphatic carbocycles. The third-order valence-corrected chi connectivity index (χ3v) is 5.26. The fourth-order valence-electron chi connectivity index (χ4n) is 3.68. The molecule has 0 atom stereocenters. The van der Waals surface area contributed by atoms with Crippen molar-refractivity contribution >= 4 is 28.8 Å². The number of aromatic nitrogens is 3. The molecule has 162 valence electrons. The van der Waals surface area contributed by atoms with Crippen LogP contribution in [0, 0.1) is 20.8 Å². The lowest BCUT2D eigenvalue weighted by Crippen LogP contribution is -2.21. The van der Waals surface area contributed by atoms with Crippen LogP contribution in [0.1, 0.15) is 32.9 Å². The Morgan fingerprint density at radius 1 is 1.00 bits per heavy atom. The largest absolute Gasteiger partial charge is 0.325 e. The second kappa shape index (κ2) is 8.50. The van der Waals surface area contributed by atoms with E-state index in [4.69, 9.17) is 0 Å². The smallest absolute Gasteiger partial charge is 0.266 e. The summed E-state index contributed by atoms with van der Waals surface area (Å²) in [6.07, 6.45) is 0.0502. The van der Waals surface area contributed by atoms with Gasteiger partial charge in [-0.15, -0.1) is 0 Å². The van der Waals surface area contributed by atoms with Crippen molar-refractivity contribution in [2.45, 2.75) is 27.2 Å². The van der Waals surface area contributed by atoms with Gasteiger partial charge in [-0.25, -0.2) is 9.50 Å². The molecule has 0 saturated carbocycles. The highest BCUT2D eigenvalue weighted by atomic mass is 16.2. The van der Waals surface area contributed by atoms with Crippen LogP contribution in [-0.2, 0) is 11.2 Å². The van der Waals surface area contributed by atoms with E-state index in [0.717, 1.165) is 11.3 Å². The summed E-state index contributed by atoms with van der Waals surface area (Å²) in [6.45, 7) is 5.57. The summed E-state index contributed by atoms with van der Waals surface area (Å²) in [5.74, 6) is -0.602. The lowest BCUT2D eigenvalue weighted by Gasteiger charge is -2.14. The molecule has 0 saturated heterocycles. The van der Waals surface area contributed by atoms with Crippen LogP contribution in [0.2, 0.25) is 0 Å². The second-order valence-electron chi connectivity index (χ2n) is 7.67. The van der Waals surface area contributed by atoms with E-state index in [-0.39, 0.29) is 23.8 Å². The average Bonchev–Trinajstić information content (AvgIpc) is 3.11. The highest BCUT2D eigenvalue weighted by Gasteiger charge is 2.17. The van der Waals surface area contributed by atoms with Gasteiger partial charge < -0.3 is 10.6 Å². The number of carbonyl (C=O) groups is 2. The molecular formula is C24H23N5O3. The number of hydrogen-bond acceptors (Lipinski definition) is 4. The Kier molecular flexibility index (Phi) is 5.59. The van der Waals surface area contributed by atoms with E-state index in [1.54, 1.807) is 35.7 Å².